The first kappa shape index (κ1) is 11.6. The topological polar surface area (TPSA) is 25.2 Å². The number of hydrogen-bond donors (Lipinski definition) is 0. The van der Waals surface area contributed by atoms with Crippen LogP contribution in [-0.2, 0) is 0 Å². The van der Waals surface area contributed by atoms with Crippen LogP contribution >= 0.6 is 0 Å². The molecule has 15 heavy (non-hydrogen) atoms. The molecule has 0 aromatic carbocycles. The quantitative estimate of drug-likeness (QED) is 0.634. The molecule has 1 aliphatic heterocycles. The number of hydrogen-bond acceptors (Lipinski definition) is 2. The van der Waals surface area contributed by atoms with Crippen molar-refractivity contribution in [2.75, 3.05) is 6.54 Å². The third kappa shape index (κ3) is 4.54. The zero-order chi connectivity index (χ0) is 11.1. The molecule has 2 heteroatoms. The lowest BCUT2D eigenvalue weighted by Gasteiger charge is -2.10. The standard InChI is InChI=1S/C7H11N.C6H7N/c1-6-3-4-8-5-7(6)2;1-6-2-4-7-5-3-6/h3-4,7H,5H2,1-2H3;2-5H,1H3. The van der Waals surface area contributed by atoms with Crippen LogP contribution in [0.2, 0.25) is 0 Å². The molecule has 0 amide bonds. The third-order valence-electron chi connectivity index (χ3n) is 2.45. The van der Waals surface area contributed by atoms with Crippen molar-refractivity contribution in [1.82, 2.24) is 4.98 Å². The number of aliphatic imine (C=N–C) groups is 1. The zero-order valence-electron chi connectivity index (χ0n) is 9.64. The van der Waals surface area contributed by atoms with Gasteiger partial charge in [0.1, 0.15) is 0 Å². The van der Waals surface area contributed by atoms with E-state index in [9.17, 15) is 0 Å². The highest BCUT2D eigenvalue weighted by molar-refractivity contribution is 5.73. The molecule has 0 bridgehead atoms. The fourth-order valence-electron chi connectivity index (χ4n) is 1.12. The lowest BCUT2D eigenvalue weighted by molar-refractivity contribution is 0.690. The highest BCUT2D eigenvalue weighted by atomic mass is 14.7. The van der Waals surface area contributed by atoms with Crippen molar-refractivity contribution in [1.29, 1.82) is 0 Å². The summed E-state index contributed by atoms with van der Waals surface area (Å²) in [6.07, 6.45) is 7.54. The Balaban J connectivity index is 0.000000151. The normalized spacial score (nSPS) is 18.9. The Bertz CT molecular complexity index is 339. The highest BCUT2D eigenvalue weighted by Gasteiger charge is 2.03. The van der Waals surface area contributed by atoms with Crippen LogP contribution in [0.15, 0.2) is 41.2 Å². The van der Waals surface area contributed by atoms with Gasteiger partial charge in [-0.3, -0.25) is 9.98 Å². The summed E-state index contributed by atoms with van der Waals surface area (Å²) in [7, 11) is 0. The molecular weight excluding hydrogens is 184 g/mol. The van der Waals surface area contributed by atoms with Crippen molar-refractivity contribution in [3.8, 4) is 0 Å². The number of pyridine rings is 1. The predicted molar refractivity (Wildman–Crippen MR) is 65.3 cm³/mol. The van der Waals surface area contributed by atoms with Gasteiger partial charge < -0.3 is 0 Å². The van der Waals surface area contributed by atoms with E-state index in [-0.39, 0.29) is 0 Å². The van der Waals surface area contributed by atoms with Gasteiger partial charge in [-0.05, 0) is 43.5 Å². The Labute approximate surface area is 91.8 Å². The van der Waals surface area contributed by atoms with Crippen molar-refractivity contribution in [2.45, 2.75) is 20.8 Å². The highest BCUT2D eigenvalue weighted by Crippen LogP contribution is 2.11. The van der Waals surface area contributed by atoms with Gasteiger partial charge in [-0.2, -0.15) is 0 Å². The smallest absolute Gasteiger partial charge is 0.0452 e. The van der Waals surface area contributed by atoms with E-state index in [1.807, 2.05) is 25.3 Å². The maximum absolute atomic E-state index is 4.11. The molecule has 2 heterocycles. The SMILES string of the molecule is CC1=CC=NCC1C.Cc1ccncc1. The maximum Gasteiger partial charge on any atom is 0.0452 e. The zero-order valence-corrected chi connectivity index (χ0v) is 9.64. The van der Waals surface area contributed by atoms with Gasteiger partial charge in [-0.15, -0.1) is 0 Å². The minimum absolute atomic E-state index is 0.667. The second kappa shape index (κ2) is 6.12. The van der Waals surface area contributed by atoms with E-state index in [1.165, 1.54) is 11.1 Å². The second-order valence-electron chi connectivity index (χ2n) is 3.85. The van der Waals surface area contributed by atoms with E-state index >= 15 is 0 Å². The number of aromatic nitrogens is 1. The first-order valence-electron chi connectivity index (χ1n) is 5.23. The van der Waals surface area contributed by atoms with Gasteiger partial charge in [-0.1, -0.05) is 12.5 Å². The molecule has 1 aliphatic rings. The van der Waals surface area contributed by atoms with Crippen LogP contribution in [0.4, 0.5) is 0 Å². The van der Waals surface area contributed by atoms with E-state index in [1.54, 1.807) is 12.4 Å². The van der Waals surface area contributed by atoms with Crippen LogP contribution in [0.3, 0.4) is 0 Å². The molecule has 1 atom stereocenters. The van der Waals surface area contributed by atoms with E-state index in [4.69, 9.17) is 0 Å². The van der Waals surface area contributed by atoms with Gasteiger partial charge in [0.25, 0.3) is 0 Å². The van der Waals surface area contributed by atoms with Gasteiger partial charge in [0.05, 0.1) is 0 Å². The summed E-state index contributed by atoms with van der Waals surface area (Å²) in [6, 6.07) is 3.94. The number of rotatable bonds is 0. The Morgan fingerprint density at radius 1 is 1.20 bits per heavy atom. The molecule has 0 fully saturated rings. The fraction of sp³-hybridized carbons (Fsp3) is 0.385. The summed E-state index contributed by atoms with van der Waals surface area (Å²) in [5.74, 6) is 0.667. The molecule has 1 unspecified atom stereocenters. The number of dihydropyridines is 1. The molecule has 1 aromatic heterocycles. The first-order chi connectivity index (χ1) is 7.20. The van der Waals surface area contributed by atoms with E-state index in [2.05, 4.69) is 29.9 Å². The number of nitrogens with zero attached hydrogens (tertiary/aromatic N) is 2. The van der Waals surface area contributed by atoms with E-state index in [0.717, 1.165) is 6.54 Å². The van der Waals surface area contributed by atoms with Crippen molar-refractivity contribution >= 4 is 6.21 Å². The van der Waals surface area contributed by atoms with Crippen LogP contribution in [0.1, 0.15) is 19.4 Å². The minimum atomic E-state index is 0.667. The molecular formula is C13H18N2. The molecule has 2 rings (SSSR count). The average Bonchev–Trinajstić information content (AvgIpc) is 2.25. The van der Waals surface area contributed by atoms with Gasteiger partial charge in [0, 0.05) is 25.2 Å². The summed E-state index contributed by atoms with van der Waals surface area (Å²) in [5, 5.41) is 0. The molecule has 1 aromatic rings. The summed E-state index contributed by atoms with van der Waals surface area (Å²) in [4.78, 5) is 7.95. The van der Waals surface area contributed by atoms with Crippen LogP contribution in [0, 0.1) is 12.8 Å². The van der Waals surface area contributed by atoms with Crippen LogP contribution in [0.25, 0.3) is 0 Å². The molecule has 0 N–H and O–H groups in total. The Morgan fingerprint density at radius 2 is 1.87 bits per heavy atom. The van der Waals surface area contributed by atoms with Crippen LogP contribution in [0.5, 0.6) is 0 Å². The fourth-order valence-corrected chi connectivity index (χ4v) is 1.12. The molecule has 0 saturated heterocycles. The van der Waals surface area contributed by atoms with E-state index < -0.39 is 0 Å². The van der Waals surface area contributed by atoms with Gasteiger partial charge in [0.2, 0.25) is 0 Å². The summed E-state index contributed by atoms with van der Waals surface area (Å²) < 4.78 is 0. The van der Waals surface area contributed by atoms with Crippen LogP contribution < -0.4 is 0 Å². The first-order valence-corrected chi connectivity index (χ1v) is 5.23. The average molecular weight is 202 g/mol. The lowest BCUT2D eigenvalue weighted by Crippen LogP contribution is -2.04. The van der Waals surface area contributed by atoms with Gasteiger partial charge >= 0.3 is 0 Å². The van der Waals surface area contributed by atoms with E-state index in [0.29, 0.717) is 5.92 Å². The Morgan fingerprint density at radius 3 is 2.20 bits per heavy atom. The molecule has 2 nitrogen and oxygen atoms in total. The Hall–Kier alpha value is -1.44. The van der Waals surface area contributed by atoms with Crippen molar-refractivity contribution in [3.63, 3.8) is 0 Å². The lowest BCUT2D eigenvalue weighted by atomic mass is 10.0. The van der Waals surface area contributed by atoms with Gasteiger partial charge in [-0.25, -0.2) is 0 Å². The third-order valence-corrected chi connectivity index (χ3v) is 2.45. The minimum Gasteiger partial charge on any atom is -0.293 e. The molecule has 0 saturated carbocycles. The molecule has 0 radical (unpaired) electrons. The van der Waals surface area contributed by atoms with Crippen LogP contribution in [-0.4, -0.2) is 17.7 Å². The molecule has 80 valence electrons. The summed E-state index contributed by atoms with van der Waals surface area (Å²) >= 11 is 0. The second-order valence-corrected chi connectivity index (χ2v) is 3.85. The molecule has 0 aliphatic carbocycles. The number of aryl methyl sites for hydroxylation is 1. The predicted octanol–water partition coefficient (Wildman–Crippen LogP) is 3.04. The van der Waals surface area contributed by atoms with Crippen molar-refractivity contribution < 1.29 is 0 Å². The van der Waals surface area contributed by atoms with Crippen molar-refractivity contribution in [2.24, 2.45) is 10.9 Å². The monoisotopic (exact) mass is 202 g/mol. The Kier molecular flexibility index (Phi) is 4.75. The summed E-state index contributed by atoms with van der Waals surface area (Å²) in [5.41, 5.74) is 2.70. The number of allylic oxidation sites excluding steroid dienone is 1. The van der Waals surface area contributed by atoms with Gasteiger partial charge in [0.15, 0.2) is 0 Å². The largest absolute Gasteiger partial charge is 0.293 e. The maximum atomic E-state index is 4.11. The molecule has 0 spiro atoms. The van der Waals surface area contributed by atoms with Crippen molar-refractivity contribution in [3.05, 3.63) is 41.7 Å². The summed E-state index contributed by atoms with van der Waals surface area (Å²) in [6.45, 7) is 7.36.